The van der Waals surface area contributed by atoms with Crippen molar-refractivity contribution in [3.8, 4) is 0 Å². The predicted molar refractivity (Wildman–Crippen MR) is 118 cm³/mol. The quantitative estimate of drug-likeness (QED) is 0.617. The van der Waals surface area contributed by atoms with Crippen molar-refractivity contribution >= 4 is 5.97 Å². The van der Waals surface area contributed by atoms with Gasteiger partial charge < -0.3 is 14.9 Å². The van der Waals surface area contributed by atoms with Crippen molar-refractivity contribution in [1.82, 2.24) is 0 Å². The van der Waals surface area contributed by atoms with Crippen LogP contribution in [-0.2, 0) is 9.53 Å². The Labute approximate surface area is 183 Å². The molecule has 0 aromatic rings. The molecule has 0 aromatic heterocycles. The van der Waals surface area contributed by atoms with Crippen molar-refractivity contribution < 1.29 is 19.7 Å². The molecule has 4 nitrogen and oxygen atoms in total. The lowest BCUT2D eigenvalue weighted by Gasteiger charge is -2.62. The lowest BCUT2D eigenvalue weighted by Crippen LogP contribution is -2.58. The summed E-state index contributed by atoms with van der Waals surface area (Å²) >= 11 is 0. The first-order valence-electron chi connectivity index (χ1n) is 12.6. The van der Waals surface area contributed by atoms with Crippen LogP contribution < -0.4 is 0 Å². The zero-order valence-electron chi connectivity index (χ0n) is 19.6. The van der Waals surface area contributed by atoms with Crippen molar-refractivity contribution in [2.75, 3.05) is 7.11 Å². The van der Waals surface area contributed by atoms with Gasteiger partial charge >= 0.3 is 5.97 Å². The number of methoxy groups -OCH3 is 1. The standard InChI is InChI=1S/C26H44O4/c1-16(6-5-7-23(29)30-4)19-8-9-20-24-21(11-13-26(19,20)3)25(2)12-10-18(27)14-17(25)15-22(24)28/h16-22,24,27-28H,5-15H2,1-4H3/t16-,17+,18-,19-,20+,21+,22+,24+,25+,26-/m1/s1. The molecule has 2 N–H and O–H groups in total. The first kappa shape index (κ1) is 22.6. The number of hydrogen-bond donors (Lipinski definition) is 2. The van der Waals surface area contributed by atoms with E-state index >= 15 is 0 Å². The Balaban J connectivity index is 1.48. The summed E-state index contributed by atoms with van der Waals surface area (Å²) in [5.41, 5.74) is 0.624. The molecule has 0 aromatic carbocycles. The molecule has 0 heterocycles. The van der Waals surface area contributed by atoms with Crippen LogP contribution in [0.25, 0.3) is 0 Å². The van der Waals surface area contributed by atoms with Crippen LogP contribution in [0.1, 0.15) is 91.4 Å². The van der Waals surface area contributed by atoms with Crippen LogP contribution in [0.5, 0.6) is 0 Å². The van der Waals surface area contributed by atoms with E-state index in [-0.39, 0.29) is 18.2 Å². The molecule has 4 rings (SSSR count). The number of carbonyl (C=O) groups excluding carboxylic acids is 1. The summed E-state index contributed by atoms with van der Waals surface area (Å²) in [5, 5.41) is 21.6. The minimum atomic E-state index is -0.198. The monoisotopic (exact) mass is 420 g/mol. The van der Waals surface area contributed by atoms with Crippen LogP contribution >= 0.6 is 0 Å². The van der Waals surface area contributed by atoms with Gasteiger partial charge in [0.15, 0.2) is 0 Å². The number of rotatable bonds is 5. The van der Waals surface area contributed by atoms with Gasteiger partial charge in [0, 0.05) is 6.42 Å². The molecule has 0 unspecified atom stereocenters. The number of ether oxygens (including phenoxy) is 1. The van der Waals surface area contributed by atoms with E-state index in [4.69, 9.17) is 4.74 Å². The van der Waals surface area contributed by atoms with E-state index in [1.807, 2.05) is 0 Å². The van der Waals surface area contributed by atoms with E-state index in [0.717, 1.165) is 38.5 Å². The Bertz CT molecular complexity index is 635. The Morgan fingerprint density at radius 1 is 1.03 bits per heavy atom. The highest BCUT2D eigenvalue weighted by Crippen LogP contribution is 2.68. The first-order valence-corrected chi connectivity index (χ1v) is 12.6. The number of carbonyl (C=O) groups is 1. The van der Waals surface area contributed by atoms with Crippen molar-refractivity contribution in [2.24, 2.45) is 46.3 Å². The van der Waals surface area contributed by atoms with Gasteiger partial charge in [0.25, 0.3) is 0 Å². The summed E-state index contributed by atoms with van der Waals surface area (Å²) < 4.78 is 4.81. The van der Waals surface area contributed by atoms with Crippen molar-refractivity contribution in [3.63, 3.8) is 0 Å². The number of aliphatic hydroxyl groups is 2. The maximum atomic E-state index is 11.5. The fourth-order valence-corrected chi connectivity index (χ4v) is 9.05. The van der Waals surface area contributed by atoms with Gasteiger partial charge in [-0.05, 0) is 111 Å². The van der Waals surface area contributed by atoms with Gasteiger partial charge in [-0.3, -0.25) is 4.79 Å². The minimum Gasteiger partial charge on any atom is -0.469 e. The van der Waals surface area contributed by atoms with Gasteiger partial charge in [-0.15, -0.1) is 0 Å². The van der Waals surface area contributed by atoms with Gasteiger partial charge in [-0.2, -0.15) is 0 Å². The highest BCUT2D eigenvalue weighted by atomic mass is 16.5. The van der Waals surface area contributed by atoms with Crippen LogP contribution in [0.2, 0.25) is 0 Å². The Morgan fingerprint density at radius 3 is 2.47 bits per heavy atom. The summed E-state index contributed by atoms with van der Waals surface area (Å²) in [6, 6.07) is 0. The van der Waals surface area contributed by atoms with Gasteiger partial charge in [-0.1, -0.05) is 20.8 Å². The number of aliphatic hydroxyl groups excluding tert-OH is 2. The summed E-state index contributed by atoms with van der Waals surface area (Å²) in [7, 11) is 1.47. The highest BCUT2D eigenvalue weighted by molar-refractivity contribution is 5.68. The zero-order chi connectivity index (χ0) is 21.7. The maximum Gasteiger partial charge on any atom is 0.305 e. The van der Waals surface area contributed by atoms with Crippen molar-refractivity contribution in [1.29, 1.82) is 0 Å². The molecule has 0 radical (unpaired) electrons. The fraction of sp³-hybridized carbons (Fsp3) is 0.962. The molecule has 0 spiro atoms. The van der Waals surface area contributed by atoms with Gasteiger partial charge in [0.1, 0.15) is 0 Å². The average Bonchev–Trinajstić information content (AvgIpc) is 3.06. The predicted octanol–water partition coefficient (Wildman–Crippen LogP) is 4.96. The lowest BCUT2D eigenvalue weighted by atomic mass is 9.43. The second-order valence-corrected chi connectivity index (χ2v) is 11.9. The normalized spacial score (nSPS) is 48.9. The van der Waals surface area contributed by atoms with Crippen LogP contribution in [0.3, 0.4) is 0 Å². The van der Waals surface area contributed by atoms with Crippen LogP contribution in [0.15, 0.2) is 0 Å². The van der Waals surface area contributed by atoms with Gasteiger partial charge in [0.05, 0.1) is 19.3 Å². The lowest BCUT2D eigenvalue weighted by molar-refractivity contribution is -0.174. The smallest absolute Gasteiger partial charge is 0.305 e. The number of esters is 1. The van der Waals surface area contributed by atoms with Crippen LogP contribution in [0.4, 0.5) is 0 Å². The Kier molecular flexibility index (Phi) is 6.31. The third kappa shape index (κ3) is 3.64. The molecular weight excluding hydrogens is 376 g/mol. The molecular formula is C26H44O4. The molecule has 30 heavy (non-hydrogen) atoms. The molecule has 4 aliphatic rings. The largest absolute Gasteiger partial charge is 0.469 e. The third-order valence-corrected chi connectivity index (χ3v) is 10.7. The Hall–Kier alpha value is -0.610. The second kappa shape index (κ2) is 8.39. The molecule has 0 saturated heterocycles. The molecule has 4 saturated carbocycles. The molecule has 0 aliphatic heterocycles. The van der Waals surface area contributed by atoms with E-state index < -0.39 is 0 Å². The van der Waals surface area contributed by atoms with E-state index in [2.05, 4.69) is 20.8 Å². The molecule has 0 bridgehead atoms. The van der Waals surface area contributed by atoms with Crippen molar-refractivity contribution in [2.45, 2.75) is 104 Å². The third-order valence-electron chi connectivity index (χ3n) is 10.7. The van der Waals surface area contributed by atoms with Crippen LogP contribution in [-0.4, -0.2) is 35.5 Å². The molecule has 172 valence electrons. The molecule has 4 fully saturated rings. The van der Waals surface area contributed by atoms with Crippen LogP contribution in [0, 0.1) is 46.3 Å². The average molecular weight is 421 g/mol. The Morgan fingerprint density at radius 2 is 1.73 bits per heavy atom. The van der Waals surface area contributed by atoms with E-state index in [1.54, 1.807) is 0 Å². The molecule has 0 amide bonds. The topological polar surface area (TPSA) is 66.8 Å². The zero-order valence-corrected chi connectivity index (χ0v) is 19.6. The summed E-state index contributed by atoms with van der Waals surface area (Å²) in [4.78, 5) is 11.5. The van der Waals surface area contributed by atoms with Crippen molar-refractivity contribution in [3.05, 3.63) is 0 Å². The minimum absolute atomic E-state index is 0.0936. The van der Waals surface area contributed by atoms with Gasteiger partial charge in [0.2, 0.25) is 0 Å². The maximum absolute atomic E-state index is 11.5. The highest BCUT2D eigenvalue weighted by Gasteiger charge is 2.62. The molecule has 4 heteroatoms. The molecule has 10 atom stereocenters. The van der Waals surface area contributed by atoms with E-state index in [1.165, 1.54) is 32.8 Å². The fourth-order valence-electron chi connectivity index (χ4n) is 9.05. The first-order chi connectivity index (χ1) is 14.2. The number of hydrogen-bond acceptors (Lipinski definition) is 4. The summed E-state index contributed by atoms with van der Waals surface area (Å²) in [6.07, 6.45) is 11.1. The van der Waals surface area contributed by atoms with Gasteiger partial charge in [-0.25, -0.2) is 0 Å². The SMILES string of the molecule is COC(=O)CCC[C@@H](C)[C@H]1CC[C@H]2[C@@H]3[C@@H](O)C[C@@H]4C[C@H](O)CC[C@]4(C)[C@H]3CC[C@]12C. The summed E-state index contributed by atoms with van der Waals surface area (Å²) in [5.74, 6) is 3.39. The number of fused-ring (bicyclic) bond motifs is 5. The second-order valence-electron chi connectivity index (χ2n) is 11.9. The molecule has 4 aliphatic carbocycles. The summed E-state index contributed by atoms with van der Waals surface area (Å²) in [6.45, 7) is 7.39. The van der Waals surface area contributed by atoms with E-state index in [0.29, 0.717) is 52.8 Å². The van der Waals surface area contributed by atoms with E-state index in [9.17, 15) is 15.0 Å².